The second-order valence-electron chi connectivity index (χ2n) is 4.57. The highest BCUT2D eigenvalue weighted by Crippen LogP contribution is 2.19. The van der Waals surface area contributed by atoms with Crippen LogP contribution in [0.2, 0.25) is 0 Å². The van der Waals surface area contributed by atoms with Crippen LogP contribution in [0.1, 0.15) is 37.3 Å². The van der Waals surface area contributed by atoms with Gasteiger partial charge in [-0.1, -0.05) is 31.6 Å². The average Bonchev–Trinajstić information content (AvgIpc) is 2.41. The molecule has 4 heteroatoms. The van der Waals surface area contributed by atoms with E-state index in [2.05, 4.69) is 18.5 Å². The molecule has 0 radical (unpaired) electrons. The van der Waals surface area contributed by atoms with Gasteiger partial charge in [-0.2, -0.15) is 0 Å². The van der Waals surface area contributed by atoms with Crippen LogP contribution >= 0.6 is 0 Å². The Morgan fingerprint density at radius 3 is 2.84 bits per heavy atom. The number of benzene rings is 1. The number of unbranched alkanes of at least 4 members (excludes halogenated alkanes) is 2. The van der Waals surface area contributed by atoms with Crippen LogP contribution in [0.5, 0.6) is 0 Å². The Balaban J connectivity index is 2.81. The lowest BCUT2D eigenvalue weighted by Gasteiger charge is -2.12. The summed E-state index contributed by atoms with van der Waals surface area (Å²) in [5.74, 6) is 0. The lowest BCUT2D eigenvalue weighted by molar-refractivity contribution is 0.0847. The first kappa shape index (κ1) is 15.5. The summed E-state index contributed by atoms with van der Waals surface area (Å²) >= 11 is 0. The number of allylic oxidation sites excluding steroid dienone is 1. The van der Waals surface area contributed by atoms with E-state index in [9.17, 15) is 0 Å². The molecule has 0 aliphatic heterocycles. The summed E-state index contributed by atoms with van der Waals surface area (Å²) in [6.45, 7) is 5.14. The Labute approximate surface area is 115 Å². The third kappa shape index (κ3) is 5.32. The van der Waals surface area contributed by atoms with Gasteiger partial charge in [0, 0.05) is 17.8 Å². The van der Waals surface area contributed by atoms with E-state index in [4.69, 9.17) is 16.3 Å². The van der Waals surface area contributed by atoms with E-state index in [1.807, 2.05) is 25.1 Å². The second-order valence-corrected chi connectivity index (χ2v) is 4.57. The van der Waals surface area contributed by atoms with Crippen LogP contribution in [-0.4, -0.2) is 13.2 Å². The van der Waals surface area contributed by atoms with Gasteiger partial charge in [0.1, 0.15) is 0 Å². The number of nitrogens with one attached hydrogen (secondary N) is 1. The highest BCUT2D eigenvalue weighted by atomic mass is 16.6. The predicted octanol–water partition coefficient (Wildman–Crippen LogP) is 2.59. The van der Waals surface area contributed by atoms with Crippen LogP contribution in [0.25, 0.3) is 5.70 Å². The van der Waals surface area contributed by atoms with Crippen LogP contribution in [0.4, 0.5) is 5.69 Å². The molecule has 106 valence electrons. The van der Waals surface area contributed by atoms with Gasteiger partial charge in [0.25, 0.3) is 0 Å². The van der Waals surface area contributed by atoms with Crippen molar-refractivity contribution in [3.63, 3.8) is 0 Å². The van der Waals surface area contributed by atoms with Crippen molar-refractivity contribution in [2.24, 2.45) is 5.73 Å². The second kappa shape index (κ2) is 8.56. The van der Waals surface area contributed by atoms with E-state index in [0.717, 1.165) is 35.4 Å². The van der Waals surface area contributed by atoms with E-state index in [1.54, 1.807) is 0 Å². The standard InChI is InChI=1S/C15H25N3O/c1-3-4-5-6-15(18-19-10-9-16)13-8-7-12(2)14(17)11-13/h6-8,11,18H,3-5,9-10,16-17H2,1-2H3. The third-order valence-corrected chi connectivity index (χ3v) is 2.90. The van der Waals surface area contributed by atoms with Gasteiger partial charge in [-0.05, 0) is 31.4 Å². The molecule has 4 nitrogen and oxygen atoms in total. The molecule has 0 heterocycles. The lowest BCUT2D eigenvalue weighted by Crippen LogP contribution is -2.19. The zero-order valence-electron chi connectivity index (χ0n) is 11.9. The van der Waals surface area contributed by atoms with Gasteiger partial charge < -0.3 is 11.5 Å². The molecule has 0 amide bonds. The van der Waals surface area contributed by atoms with Gasteiger partial charge in [0.2, 0.25) is 0 Å². The molecule has 0 saturated heterocycles. The maximum atomic E-state index is 5.95. The fraction of sp³-hybridized carbons (Fsp3) is 0.467. The molecule has 0 aliphatic carbocycles. The first-order valence-electron chi connectivity index (χ1n) is 6.83. The first-order chi connectivity index (χ1) is 9.19. The maximum absolute atomic E-state index is 5.95. The monoisotopic (exact) mass is 263 g/mol. The Hall–Kier alpha value is -1.52. The van der Waals surface area contributed by atoms with Crippen LogP contribution < -0.4 is 16.9 Å². The molecule has 5 N–H and O–H groups in total. The van der Waals surface area contributed by atoms with E-state index >= 15 is 0 Å². The molecule has 1 rings (SSSR count). The molecule has 1 aromatic carbocycles. The summed E-state index contributed by atoms with van der Waals surface area (Å²) < 4.78 is 0. The summed E-state index contributed by atoms with van der Waals surface area (Å²) in [5.41, 5.74) is 18.2. The van der Waals surface area contributed by atoms with E-state index in [0.29, 0.717) is 13.2 Å². The lowest BCUT2D eigenvalue weighted by atomic mass is 10.1. The minimum absolute atomic E-state index is 0.479. The molecule has 0 atom stereocenters. The normalized spacial score (nSPS) is 11.6. The zero-order valence-corrected chi connectivity index (χ0v) is 11.9. The summed E-state index contributed by atoms with van der Waals surface area (Å²) in [4.78, 5) is 5.32. The molecule has 0 unspecified atom stereocenters. The van der Waals surface area contributed by atoms with Crippen molar-refractivity contribution in [1.82, 2.24) is 5.48 Å². The van der Waals surface area contributed by atoms with Crippen LogP contribution in [-0.2, 0) is 4.84 Å². The van der Waals surface area contributed by atoms with Crippen molar-refractivity contribution < 1.29 is 4.84 Å². The summed E-state index contributed by atoms with van der Waals surface area (Å²) in [7, 11) is 0. The van der Waals surface area contributed by atoms with Crippen LogP contribution in [0.3, 0.4) is 0 Å². The predicted molar refractivity (Wildman–Crippen MR) is 81.2 cm³/mol. The fourth-order valence-corrected chi connectivity index (χ4v) is 1.66. The minimum atomic E-state index is 0.479. The largest absolute Gasteiger partial charge is 0.398 e. The number of hydrogen-bond donors (Lipinski definition) is 3. The van der Waals surface area contributed by atoms with Gasteiger partial charge in [0.05, 0.1) is 12.3 Å². The number of rotatable bonds is 8. The zero-order chi connectivity index (χ0) is 14.1. The number of nitrogens with two attached hydrogens (primary N) is 2. The molecule has 1 aromatic rings. The Bertz CT molecular complexity index is 416. The number of nitrogen functional groups attached to an aromatic ring is 1. The molecule has 0 aliphatic rings. The summed E-state index contributed by atoms with van der Waals surface area (Å²) in [6, 6.07) is 6.02. The van der Waals surface area contributed by atoms with E-state index in [-0.39, 0.29) is 0 Å². The van der Waals surface area contributed by atoms with Crippen LogP contribution in [0, 0.1) is 6.92 Å². The van der Waals surface area contributed by atoms with Gasteiger partial charge >= 0.3 is 0 Å². The Kier molecular flexibility index (Phi) is 7.00. The molecule has 0 bridgehead atoms. The van der Waals surface area contributed by atoms with Crippen molar-refractivity contribution in [3.8, 4) is 0 Å². The first-order valence-corrected chi connectivity index (χ1v) is 6.83. The molecule has 0 spiro atoms. The fourth-order valence-electron chi connectivity index (χ4n) is 1.66. The summed E-state index contributed by atoms with van der Waals surface area (Å²) in [5, 5.41) is 0. The molecular formula is C15H25N3O. The Morgan fingerprint density at radius 1 is 1.42 bits per heavy atom. The van der Waals surface area contributed by atoms with Crippen molar-refractivity contribution in [3.05, 3.63) is 35.4 Å². The number of hydrogen-bond acceptors (Lipinski definition) is 4. The Morgan fingerprint density at radius 2 is 2.21 bits per heavy atom. The molecule has 19 heavy (non-hydrogen) atoms. The van der Waals surface area contributed by atoms with Gasteiger partial charge in [-0.25, -0.2) is 0 Å². The highest BCUT2D eigenvalue weighted by molar-refractivity contribution is 5.67. The molecule has 0 fully saturated rings. The molecular weight excluding hydrogens is 238 g/mol. The van der Waals surface area contributed by atoms with Gasteiger partial charge in [0.15, 0.2) is 0 Å². The van der Waals surface area contributed by atoms with E-state index < -0.39 is 0 Å². The molecule has 0 saturated carbocycles. The van der Waals surface area contributed by atoms with Gasteiger partial charge in [-0.3, -0.25) is 10.3 Å². The third-order valence-electron chi connectivity index (χ3n) is 2.90. The van der Waals surface area contributed by atoms with Crippen molar-refractivity contribution >= 4 is 11.4 Å². The number of hydroxylamine groups is 1. The van der Waals surface area contributed by atoms with Gasteiger partial charge in [-0.15, -0.1) is 0 Å². The minimum Gasteiger partial charge on any atom is -0.398 e. The van der Waals surface area contributed by atoms with Crippen molar-refractivity contribution in [2.45, 2.75) is 33.1 Å². The summed E-state index contributed by atoms with van der Waals surface area (Å²) in [6.07, 6.45) is 5.48. The highest BCUT2D eigenvalue weighted by Gasteiger charge is 2.03. The quantitative estimate of drug-likeness (QED) is 0.383. The van der Waals surface area contributed by atoms with Crippen molar-refractivity contribution in [1.29, 1.82) is 0 Å². The SMILES string of the molecule is CCCCC=C(NOCCN)c1ccc(C)c(N)c1. The number of aryl methyl sites for hydroxylation is 1. The number of anilines is 1. The molecule has 0 aromatic heterocycles. The van der Waals surface area contributed by atoms with Crippen LogP contribution in [0.15, 0.2) is 24.3 Å². The van der Waals surface area contributed by atoms with E-state index in [1.165, 1.54) is 6.42 Å². The maximum Gasteiger partial charge on any atom is 0.0868 e. The average molecular weight is 263 g/mol. The van der Waals surface area contributed by atoms with Crippen molar-refractivity contribution in [2.75, 3.05) is 18.9 Å². The smallest absolute Gasteiger partial charge is 0.0868 e. The topological polar surface area (TPSA) is 73.3 Å².